The summed E-state index contributed by atoms with van der Waals surface area (Å²) in [7, 11) is -1.87. The zero-order chi connectivity index (χ0) is 8.04. The Hall–Kier alpha value is 0.0700. The molecule has 0 aromatic rings. The maximum atomic E-state index is 11.1. The van der Waals surface area contributed by atoms with Gasteiger partial charge in [0.1, 0.15) is 0 Å². The van der Waals surface area contributed by atoms with E-state index in [0.29, 0.717) is 25.5 Å². The van der Waals surface area contributed by atoms with Gasteiger partial charge in [0.2, 0.25) is 0 Å². The molecule has 0 aliphatic carbocycles. The summed E-state index contributed by atoms with van der Waals surface area (Å²) in [5, 5.41) is 0. The lowest BCUT2D eigenvalue weighted by atomic mass is 10.7. The highest BCUT2D eigenvalue weighted by Gasteiger charge is 1.98. The van der Waals surface area contributed by atoms with E-state index in [1.807, 2.05) is 0 Å². The predicted octanol–water partition coefficient (Wildman–Crippen LogP) is -0.762. The molecule has 0 saturated heterocycles. The molecule has 0 amide bonds. The average Bonchev–Trinajstić information content (AvgIpc) is 1.78. The number of hydrogen-bond acceptors (Lipinski definition) is 3. The molecular weight excluding hydrogens is 150 g/mol. The van der Waals surface area contributed by atoms with Gasteiger partial charge in [0, 0.05) is 12.3 Å². The number of hydrogen-bond donors (Lipinski definition) is 2. The summed E-state index contributed by atoms with van der Waals surface area (Å²) in [6.45, 7) is 1.68. The average molecular weight is 167 g/mol. The van der Waals surface area contributed by atoms with Gasteiger partial charge in [0.25, 0.3) is 0 Å². The Kier molecular flexibility index (Phi) is 4.85. The minimum absolute atomic E-state index is 0.539. The highest BCUT2D eigenvalue weighted by Crippen LogP contribution is 1.91. The first-order chi connectivity index (χ1) is 4.56. The fourth-order valence-corrected chi connectivity index (χ4v) is 1.04. The second-order valence-corrected chi connectivity index (χ2v) is 6.29. The third-order valence-corrected chi connectivity index (χ3v) is 2.30. The Morgan fingerprint density at radius 1 is 1.40 bits per heavy atom. The van der Waals surface area contributed by atoms with Gasteiger partial charge >= 0.3 is 0 Å². The minimum Gasteiger partial charge on any atom is -0.379 e. The van der Waals surface area contributed by atoms with Crippen molar-refractivity contribution in [3.63, 3.8) is 0 Å². The van der Waals surface area contributed by atoms with Gasteiger partial charge in [-0.25, -0.2) is 0 Å². The van der Waals surface area contributed by atoms with Crippen LogP contribution in [0, 0.1) is 0 Å². The standard InChI is InChI=1S/C6H17NO2S/c1-10(2,8)6-5-9-4-3-7/h10H,3-7H2,1-2H3. The molecule has 64 valence electrons. The predicted molar refractivity (Wildman–Crippen MR) is 46.1 cm³/mol. The molecule has 2 N–H and O–H groups in total. The van der Waals surface area contributed by atoms with E-state index in [-0.39, 0.29) is 0 Å². The van der Waals surface area contributed by atoms with Crippen LogP contribution in [0.1, 0.15) is 0 Å². The molecule has 0 fully saturated rings. The van der Waals surface area contributed by atoms with E-state index in [2.05, 4.69) is 0 Å². The van der Waals surface area contributed by atoms with Crippen molar-refractivity contribution >= 4 is 9.93 Å². The Labute approximate surface area is 63.4 Å². The maximum absolute atomic E-state index is 11.1. The fourth-order valence-electron chi connectivity index (χ4n) is 0.470. The first kappa shape index (κ1) is 10.1. The van der Waals surface area contributed by atoms with Gasteiger partial charge < -0.3 is 10.5 Å². The third-order valence-electron chi connectivity index (χ3n) is 1.04. The topological polar surface area (TPSA) is 52.3 Å². The Morgan fingerprint density at radius 2 is 2.00 bits per heavy atom. The van der Waals surface area contributed by atoms with Crippen molar-refractivity contribution in [2.24, 2.45) is 5.73 Å². The molecule has 0 aromatic heterocycles. The molecule has 0 bridgehead atoms. The van der Waals surface area contributed by atoms with Crippen molar-refractivity contribution in [2.45, 2.75) is 0 Å². The molecule has 0 spiro atoms. The smallest absolute Gasteiger partial charge is 0.0589 e. The number of thiol groups is 1. The molecule has 0 unspecified atom stereocenters. The van der Waals surface area contributed by atoms with Crippen LogP contribution in [0.3, 0.4) is 0 Å². The maximum Gasteiger partial charge on any atom is 0.0589 e. The van der Waals surface area contributed by atoms with Crippen LogP contribution in [0.15, 0.2) is 0 Å². The van der Waals surface area contributed by atoms with Crippen molar-refractivity contribution < 1.29 is 8.95 Å². The first-order valence-electron chi connectivity index (χ1n) is 3.38. The normalized spacial score (nSPS) is 13.5. The van der Waals surface area contributed by atoms with Gasteiger partial charge in [0.05, 0.1) is 13.2 Å². The van der Waals surface area contributed by atoms with E-state index in [1.165, 1.54) is 0 Å². The summed E-state index contributed by atoms with van der Waals surface area (Å²) < 4.78 is 16.1. The molecular formula is C6H17NO2S. The summed E-state index contributed by atoms with van der Waals surface area (Å²) >= 11 is 0. The third kappa shape index (κ3) is 8.07. The van der Waals surface area contributed by atoms with Crippen LogP contribution in [0.25, 0.3) is 0 Å². The zero-order valence-electron chi connectivity index (χ0n) is 6.67. The number of ether oxygens (including phenoxy) is 1. The summed E-state index contributed by atoms with van der Waals surface area (Å²) in [6.07, 6.45) is 3.53. The second-order valence-electron chi connectivity index (χ2n) is 2.70. The van der Waals surface area contributed by atoms with E-state index in [0.717, 1.165) is 0 Å². The molecule has 0 aromatic carbocycles. The highest BCUT2D eigenvalue weighted by molar-refractivity contribution is 8.01. The summed E-state index contributed by atoms with van der Waals surface area (Å²) in [6, 6.07) is 0. The van der Waals surface area contributed by atoms with Crippen LogP contribution in [-0.4, -0.2) is 42.2 Å². The lowest BCUT2D eigenvalue weighted by Crippen LogP contribution is -2.18. The van der Waals surface area contributed by atoms with Crippen molar-refractivity contribution in [2.75, 3.05) is 38.0 Å². The summed E-state index contributed by atoms with van der Waals surface area (Å²) in [4.78, 5) is 0. The van der Waals surface area contributed by atoms with Crippen molar-refractivity contribution in [1.82, 2.24) is 0 Å². The van der Waals surface area contributed by atoms with E-state index < -0.39 is 9.93 Å². The van der Waals surface area contributed by atoms with Crippen LogP contribution in [0.2, 0.25) is 0 Å². The molecule has 0 heterocycles. The zero-order valence-corrected chi connectivity index (χ0v) is 7.56. The molecule has 0 aliphatic rings. The van der Waals surface area contributed by atoms with Crippen LogP contribution in [0.5, 0.6) is 0 Å². The Bertz CT molecular complexity index is 121. The molecule has 3 nitrogen and oxygen atoms in total. The first-order valence-corrected chi connectivity index (χ1v) is 6.17. The van der Waals surface area contributed by atoms with Gasteiger partial charge in [-0.15, -0.1) is 9.93 Å². The fraction of sp³-hybridized carbons (Fsp3) is 1.00. The SMILES string of the molecule is C[SH](C)(=O)CCOCCN. The monoisotopic (exact) mass is 167 g/mol. The summed E-state index contributed by atoms with van der Waals surface area (Å²) in [5.74, 6) is 0.660. The second kappa shape index (κ2) is 4.82. The Morgan fingerprint density at radius 3 is 2.40 bits per heavy atom. The summed E-state index contributed by atoms with van der Waals surface area (Å²) in [5.41, 5.74) is 5.18. The van der Waals surface area contributed by atoms with Crippen LogP contribution in [0.4, 0.5) is 0 Å². The molecule has 10 heavy (non-hydrogen) atoms. The highest BCUT2D eigenvalue weighted by atomic mass is 32.2. The quantitative estimate of drug-likeness (QED) is 0.418. The largest absolute Gasteiger partial charge is 0.379 e. The number of rotatable bonds is 5. The van der Waals surface area contributed by atoms with Crippen LogP contribution >= 0.6 is 0 Å². The van der Waals surface area contributed by atoms with Gasteiger partial charge in [0.15, 0.2) is 0 Å². The van der Waals surface area contributed by atoms with Crippen molar-refractivity contribution in [1.29, 1.82) is 0 Å². The Balaban J connectivity index is 3.13. The van der Waals surface area contributed by atoms with E-state index in [9.17, 15) is 4.21 Å². The lowest BCUT2D eigenvalue weighted by molar-refractivity contribution is 0.157. The van der Waals surface area contributed by atoms with Crippen LogP contribution < -0.4 is 5.73 Å². The van der Waals surface area contributed by atoms with Crippen molar-refractivity contribution in [3.05, 3.63) is 0 Å². The number of nitrogens with two attached hydrogens (primary N) is 1. The molecule has 0 rings (SSSR count). The van der Waals surface area contributed by atoms with Gasteiger partial charge in [-0.3, -0.25) is 4.21 Å². The van der Waals surface area contributed by atoms with Gasteiger partial charge in [-0.2, -0.15) is 0 Å². The van der Waals surface area contributed by atoms with Crippen molar-refractivity contribution in [3.8, 4) is 0 Å². The van der Waals surface area contributed by atoms with Crippen LogP contribution in [-0.2, 0) is 14.7 Å². The molecule has 0 atom stereocenters. The van der Waals surface area contributed by atoms with E-state index >= 15 is 0 Å². The minimum atomic E-state index is -1.87. The molecule has 4 heteroatoms. The molecule has 0 radical (unpaired) electrons. The molecule has 0 saturated carbocycles. The van der Waals surface area contributed by atoms with E-state index in [4.69, 9.17) is 10.5 Å². The van der Waals surface area contributed by atoms with Gasteiger partial charge in [-0.1, -0.05) is 0 Å². The lowest BCUT2D eigenvalue weighted by Gasteiger charge is -2.10. The van der Waals surface area contributed by atoms with Gasteiger partial charge in [-0.05, 0) is 12.5 Å². The van der Waals surface area contributed by atoms with E-state index in [1.54, 1.807) is 12.5 Å². The molecule has 0 aliphatic heterocycles.